The number of hydrogen-bond donors (Lipinski definition) is 1. The van der Waals surface area contributed by atoms with Gasteiger partial charge in [-0.05, 0) is 42.5 Å². The van der Waals surface area contributed by atoms with Gasteiger partial charge in [0.25, 0.3) is 10.0 Å². The molecule has 0 atom stereocenters. The molecule has 3 aromatic rings. The Hall–Kier alpha value is -3.23. The number of carbonyl (C=O) groups is 1. The van der Waals surface area contributed by atoms with Crippen molar-refractivity contribution in [3.8, 4) is 11.5 Å². The topological polar surface area (TPSA) is 84.9 Å². The minimum absolute atomic E-state index is 0.0677. The third-order valence-corrected chi connectivity index (χ3v) is 6.48. The number of benzene rings is 3. The predicted molar refractivity (Wildman–Crippen MR) is 121 cm³/mol. The highest BCUT2D eigenvalue weighted by atomic mass is 35.5. The van der Waals surface area contributed by atoms with Crippen LogP contribution < -0.4 is 19.1 Å². The maximum atomic E-state index is 13.3. The van der Waals surface area contributed by atoms with Crippen molar-refractivity contribution in [2.45, 2.75) is 4.90 Å². The van der Waals surface area contributed by atoms with Gasteiger partial charge in [-0.25, -0.2) is 8.42 Å². The number of sulfonamides is 1. The van der Waals surface area contributed by atoms with Crippen LogP contribution in [0.2, 0.25) is 5.02 Å². The number of ether oxygens (including phenoxy) is 2. The first-order valence-electron chi connectivity index (χ1n) is 9.20. The minimum Gasteiger partial charge on any atom is -0.497 e. The van der Waals surface area contributed by atoms with E-state index in [0.717, 1.165) is 4.31 Å². The van der Waals surface area contributed by atoms with Gasteiger partial charge >= 0.3 is 0 Å². The molecule has 0 aliphatic rings. The van der Waals surface area contributed by atoms with Crippen LogP contribution >= 0.6 is 11.6 Å². The molecule has 0 aromatic heterocycles. The zero-order chi connectivity index (χ0) is 22.4. The molecule has 0 spiro atoms. The van der Waals surface area contributed by atoms with Crippen LogP contribution in [-0.4, -0.2) is 35.1 Å². The van der Waals surface area contributed by atoms with E-state index in [-0.39, 0.29) is 4.90 Å². The maximum Gasteiger partial charge on any atom is 0.264 e. The monoisotopic (exact) mass is 460 g/mol. The molecule has 0 radical (unpaired) electrons. The summed E-state index contributed by atoms with van der Waals surface area (Å²) in [5.74, 6) is 0.390. The quantitative estimate of drug-likeness (QED) is 0.544. The second-order valence-electron chi connectivity index (χ2n) is 6.42. The second-order valence-corrected chi connectivity index (χ2v) is 8.69. The number of amides is 1. The van der Waals surface area contributed by atoms with Crippen molar-refractivity contribution in [1.29, 1.82) is 0 Å². The Labute approximate surface area is 186 Å². The van der Waals surface area contributed by atoms with E-state index in [0.29, 0.717) is 27.9 Å². The first-order chi connectivity index (χ1) is 14.8. The summed E-state index contributed by atoms with van der Waals surface area (Å²) in [4.78, 5) is 12.8. The van der Waals surface area contributed by atoms with Crippen LogP contribution in [0.3, 0.4) is 0 Å². The Bertz CT molecular complexity index is 1170. The molecule has 0 aliphatic heterocycles. The smallest absolute Gasteiger partial charge is 0.264 e. The molecular formula is C22H21ClN2O5S. The van der Waals surface area contributed by atoms with Crippen molar-refractivity contribution in [2.75, 3.05) is 30.4 Å². The van der Waals surface area contributed by atoms with Gasteiger partial charge in [0.05, 0.1) is 29.8 Å². The van der Waals surface area contributed by atoms with E-state index >= 15 is 0 Å². The molecule has 0 saturated carbocycles. The van der Waals surface area contributed by atoms with Crippen LogP contribution in [-0.2, 0) is 14.8 Å². The molecule has 0 heterocycles. The van der Waals surface area contributed by atoms with Crippen LogP contribution in [0, 0.1) is 0 Å². The number of carbonyl (C=O) groups excluding carboxylic acids is 1. The number of methoxy groups -OCH3 is 2. The lowest BCUT2D eigenvalue weighted by Gasteiger charge is -2.24. The summed E-state index contributed by atoms with van der Waals surface area (Å²) in [5.41, 5.74) is 0.713. The first kappa shape index (κ1) is 22.5. The van der Waals surface area contributed by atoms with Crippen molar-refractivity contribution in [2.24, 2.45) is 0 Å². The van der Waals surface area contributed by atoms with Gasteiger partial charge in [-0.2, -0.15) is 0 Å². The number of nitrogens with zero attached hydrogens (tertiary/aromatic N) is 1. The number of anilines is 2. The average Bonchev–Trinajstić information content (AvgIpc) is 2.78. The Kier molecular flexibility index (Phi) is 7.04. The van der Waals surface area contributed by atoms with E-state index < -0.39 is 22.5 Å². The highest BCUT2D eigenvalue weighted by molar-refractivity contribution is 7.92. The van der Waals surface area contributed by atoms with Gasteiger partial charge in [-0.1, -0.05) is 35.9 Å². The van der Waals surface area contributed by atoms with Crippen molar-refractivity contribution in [3.63, 3.8) is 0 Å². The summed E-state index contributed by atoms with van der Waals surface area (Å²) in [6.45, 7) is -0.450. The Morgan fingerprint density at radius 3 is 2.35 bits per heavy atom. The molecule has 31 heavy (non-hydrogen) atoms. The molecule has 0 bridgehead atoms. The van der Waals surface area contributed by atoms with Crippen molar-refractivity contribution < 1.29 is 22.7 Å². The lowest BCUT2D eigenvalue weighted by molar-refractivity contribution is -0.114. The predicted octanol–water partition coefficient (Wildman–Crippen LogP) is 4.19. The van der Waals surface area contributed by atoms with Gasteiger partial charge in [0.1, 0.15) is 18.0 Å². The van der Waals surface area contributed by atoms with Gasteiger partial charge in [-0.3, -0.25) is 9.10 Å². The lowest BCUT2D eigenvalue weighted by atomic mass is 10.3. The fourth-order valence-electron chi connectivity index (χ4n) is 2.88. The van der Waals surface area contributed by atoms with Crippen LogP contribution in [0.25, 0.3) is 0 Å². The van der Waals surface area contributed by atoms with Gasteiger partial charge in [0.2, 0.25) is 5.91 Å². The third-order valence-electron chi connectivity index (χ3n) is 4.40. The van der Waals surface area contributed by atoms with Crippen molar-refractivity contribution in [1.82, 2.24) is 0 Å². The molecule has 162 valence electrons. The van der Waals surface area contributed by atoms with Gasteiger partial charge in [0.15, 0.2) is 0 Å². The largest absolute Gasteiger partial charge is 0.497 e. The molecule has 0 unspecified atom stereocenters. The molecule has 0 aliphatic carbocycles. The van der Waals surface area contributed by atoms with Gasteiger partial charge in [0, 0.05) is 11.8 Å². The van der Waals surface area contributed by atoms with Crippen LogP contribution in [0.5, 0.6) is 11.5 Å². The summed E-state index contributed by atoms with van der Waals surface area (Å²) < 4.78 is 38.0. The SMILES string of the molecule is COc1cccc(N(CC(=O)Nc2ccc(OC)c(Cl)c2)S(=O)(=O)c2ccccc2)c1. The first-order valence-corrected chi connectivity index (χ1v) is 11.0. The van der Waals surface area contributed by atoms with E-state index in [4.69, 9.17) is 21.1 Å². The van der Waals surface area contributed by atoms with Crippen LogP contribution in [0.1, 0.15) is 0 Å². The Balaban J connectivity index is 1.93. The minimum atomic E-state index is -4.01. The normalized spacial score (nSPS) is 10.9. The molecule has 1 amide bonds. The molecule has 1 N–H and O–H groups in total. The van der Waals surface area contributed by atoms with E-state index in [1.807, 2.05) is 0 Å². The molecule has 0 fully saturated rings. The van der Waals surface area contributed by atoms with E-state index in [2.05, 4.69) is 5.32 Å². The highest BCUT2D eigenvalue weighted by Gasteiger charge is 2.27. The molecule has 3 rings (SSSR count). The van der Waals surface area contributed by atoms with Crippen LogP contribution in [0.4, 0.5) is 11.4 Å². The van der Waals surface area contributed by atoms with Gasteiger partial charge < -0.3 is 14.8 Å². The fraction of sp³-hybridized carbons (Fsp3) is 0.136. The highest BCUT2D eigenvalue weighted by Crippen LogP contribution is 2.29. The maximum absolute atomic E-state index is 13.3. The van der Waals surface area contributed by atoms with Crippen molar-refractivity contribution in [3.05, 3.63) is 77.8 Å². The summed E-state index contributed by atoms with van der Waals surface area (Å²) in [5, 5.41) is 2.99. The lowest BCUT2D eigenvalue weighted by Crippen LogP contribution is -2.38. The summed E-state index contributed by atoms with van der Waals surface area (Å²) in [7, 11) is -1.05. The molecule has 3 aromatic carbocycles. The number of nitrogens with one attached hydrogen (secondary N) is 1. The number of hydrogen-bond acceptors (Lipinski definition) is 5. The molecule has 9 heteroatoms. The zero-order valence-corrected chi connectivity index (χ0v) is 18.5. The third kappa shape index (κ3) is 5.28. The molecule has 7 nitrogen and oxygen atoms in total. The van der Waals surface area contributed by atoms with E-state index in [1.54, 1.807) is 54.6 Å². The van der Waals surface area contributed by atoms with Gasteiger partial charge in [-0.15, -0.1) is 0 Å². The second kappa shape index (κ2) is 9.72. The fourth-order valence-corrected chi connectivity index (χ4v) is 4.57. The molecule has 0 saturated heterocycles. The summed E-state index contributed by atoms with van der Waals surface area (Å²) in [6.07, 6.45) is 0. The molecular weight excluding hydrogens is 440 g/mol. The van der Waals surface area contributed by atoms with E-state index in [9.17, 15) is 13.2 Å². The van der Waals surface area contributed by atoms with E-state index in [1.165, 1.54) is 32.4 Å². The Morgan fingerprint density at radius 2 is 1.71 bits per heavy atom. The van der Waals surface area contributed by atoms with Crippen molar-refractivity contribution >= 4 is 38.9 Å². The van der Waals surface area contributed by atoms with Crippen LogP contribution in [0.15, 0.2) is 77.7 Å². The number of rotatable bonds is 8. The Morgan fingerprint density at radius 1 is 0.968 bits per heavy atom. The average molecular weight is 461 g/mol. The zero-order valence-electron chi connectivity index (χ0n) is 16.9. The number of halogens is 1. The standard InChI is InChI=1S/C22H21ClN2O5S/c1-29-18-8-6-7-17(14-18)25(31(27,28)19-9-4-3-5-10-19)15-22(26)24-16-11-12-21(30-2)20(23)13-16/h3-14H,15H2,1-2H3,(H,24,26). The summed E-state index contributed by atoms with van der Waals surface area (Å²) in [6, 6.07) is 19.2. The summed E-state index contributed by atoms with van der Waals surface area (Å²) >= 11 is 6.10.